The van der Waals surface area contributed by atoms with Gasteiger partial charge in [0.1, 0.15) is 12.4 Å². The second kappa shape index (κ2) is 19.9. The third-order valence-electron chi connectivity index (χ3n) is 11.7. The van der Waals surface area contributed by atoms with E-state index in [2.05, 4.69) is 16.0 Å². The standard InChI is InChI=1S/C44H56N4O8/c49-41(24-31-6-1-4-29(18-31)21-38(42(50)51)34-10-13-45-25-34)48(28-33-8-2-5-30(19-33)22-39(43(52)53)35-11-14-46-26-35)16-17-56-37-9-3-7-32(20-37)23-40(44(54)55)36-12-15-47-27-36/h1-9,18-20,34-36,38-40,45-47H,10-17,21-28H2,(H,50,51)(H,52,53)(H,54,55)/i1D,2D,3D. The Kier molecular flexibility index (Phi) is 13.1. The number of carbonyl (C=O) groups is 4. The van der Waals surface area contributed by atoms with Gasteiger partial charge < -0.3 is 40.9 Å². The van der Waals surface area contributed by atoms with Crippen molar-refractivity contribution in [2.24, 2.45) is 35.5 Å². The molecule has 3 aromatic rings. The maximum atomic E-state index is 14.2. The SMILES string of the molecule is [2H]c1cc(CC(=O)N(CCOc2cc([2H])cc(CC(C(=O)O)C3CCNC3)c2)Cc2cc([2H])cc(CC(C(=O)O)C3CCNC3)c2)cc(CC(C(=O)O)C2CCNC2)c1. The minimum Gasteiger partial charge on any atom is -0.492 e. The van der Waals surface area contributed by atoms with E-state index in [0.29, 0.717) is 53.2 Å². The van der Waals surface area contributed by atoms with Crippen molar-refractivity contribution in [3.05, 3.63) is 101 Å². The van der Waals surface area contributed by atoms with E-state index in [4.69, 9.17) is 8.85 Å². The molecule has 6 atom stereocenters. The molecule has 0 radical (unpaired) electrons. The van der Waals surface area contributed by atoms with E-state index >= 15 is 0 Å². The number of aliphatic carboxylic acids is 3. The van der Waals surface area contributed by atoms with Crippen LogP contribution in [0.15, 0.2) is 72.7 Å². The van der Waals surface area contributed by atoms with Crippen molar-refractivity contribution >= 4 is 23.8 Å². The minimum absolute atomic E-state index is 0.0154. The molecule has 3 saturated heterocycles. The van der Waals surface area contributed by atoms with E-state index in [0.717, 1.165) is 38.9 Å². The molecule has 3 aliphatic rings. The molecule has 300 valence electrons. The zero-order valence-corrected chi connectivity index (χ0v) is 31.8. The second-order valence-corrected chi connectivity index (χ2v) is 15.6. The number of carbonyl (C=O) groups excluding carboxylic acids is 1. The Balaban J connectivity index is 1.21. The normalized spacial score (nSPS) is 21.7. The van der Waals surface area contributed by atoms with E-state index in [-0.39, 0.29) is 87.2 Å². The van der Waals surface area contributed by atoms with Crippen LogP contribution in [0.5, 0.6) is 5.75 Å². The van der Waals surface area contributed by atoms with E-state index < -0.39 is 35.7 Å². The monoisotopic (exact) mass is 771 g/mol. The molecule has 56 heavy (non-hydrogen) atoms. The fourth-order valence-electron chi connectivity index (χ4n) is 8.54. The molecule has 6 unspecified atom stereocenters. The smallest absolute Gasteiger partial charge is 0.307 e. The third kappa shape index (κ3) is 11.4. The summed E-state index contributed by atoms with van der Waals surface area (Å²) in [6.07, 6.45) is 2.94. The second-order valence-electron chi connectivity index (χ2n) is 15.6. The van der Waals surface area contributed by atoms with Crippen LogP contribution in [0.3, 0.4) is 0 Å². The fraction of sp³-hybridized carbons (Fsp3) is 0.500. The van der Waals surface area contributed by atoms with Gasteiger partial charge in [0.05, 0.1) is 34.8 Å². The predicted octanol–water partition coefficient (Wildman–Crippen LogP) is 3.90. The highest BCUT2D eigenvalue weighted by atomic mass is 16.5. The Morgan fingerprint density at radius 1 is 0.643 bits per heavy atom. The quantitative estimate of drug-likeness (QED) is 0.0983. The number of hydrogen-bond donors (Lipinski definition) is 6. The number of carboxylic acids is 3. The molecule has 1 amide bonds. The van der Waals surface area contributed by atoms with Crippen LogP contribution in [0.25, 0.3) is 0 Å². The number of carboxylic acid groups (broad SMARTS) is 3. The lowest BCUT2D eigenvalue weighted by Crippen LogP contribution is -2.35. The number of ether oxygens (including phenoxy) is 1. The van der Waals surface area contributed by atoms with Crippen LogP contribution in [0, 0.1) is 35.5 Å². The van der Waals surface area contributed by atoms with Crippen LogP contribution in [0.1, 0.15) is 51.2 Å². The molecule has 3 fully saturated rings. The molecule has 0 bridgehead atoms. The summed E-state index contributed by atoms with van der Waals surface area (Å²) in [6.45, 7) is 4.37. The summed E-state index contributed by atoms with van der Waals surface area (Å²) in [7, 11) is 0. The summed E-state index contributed by atoms with van der Waals surface area (Å²) < 4.78 is 31.6. The van der Waals surface area contributed by atoms with Crippen molar-refractivity contribution in [2.45, 2.75) is 51.5 Å². The Labute approximate surface area is 333 Å². The lowest BCUT2D eigenvalue weighted by atomic mass is 9.86. The van der Waals surface area contributed by atoms with Gasteiger partial charge in [0, 0.05) is 6.54 Å². The highest BCUT2D eigenvalue weighted by Crippen LogP contribution is 2.27. The van der Waals surface area contributed by atoms with Crippen molar-refractivity contribution in [3.8, 4) is 5.75 Å². The van der Waals surface area contributed by atoms with E-state index in [1.165, 1.54) is 0 Å². The van der Waals surface area contributed by atoms with Crippen molar-refractivity contribution in [1.29, 1.82) is 0 Å². The summed E-state index contributed by atoms with van der Waals surface area (Å²) >= 11 is 0. The van der Waals surface area contributed by atoms with Crippen molar-refractivity contribution in [2.75, 3.05) is 52.4 Å². The topological polar surface area (TPSA) is 178 Å². The highest BCUT2D eigenvalue weighted by Gasteiger charge is 2.33. The van der Waals surface area contributed by atoms with Crippen molar-refractivity contribution < 1.29 is 43.3 Å². The molecule has 3 heterocycles. The number of hydrogen-bond acceptors (Lipinski definition) is 8. The molecule has 0 aliphatic carbocycles. The Morgan fingerprint density at radius 2 is 1.07 bits per heavy atom. The molecule has 3 aromatic carbocycles. The lowest BCUT2D eigenvalue weighted by Gasteiger charge is -2.24. The van der Waals surface area contributed by atoms with Gasteiger partial charge in [-0.3, -0.25) is 19.2 Å². The van der Waals surface area contributed by atoms with Gasteiger partial charge in [-0.1, -0.05) is 60.6 Å². The average Bonchev–Trinajstić information content (AvgIpc) is 3.99. The largest absolute Gasteiger partial charge is 0.492 e. The molecule has 0 saturated carbocycles. The van der Waals surface area contributed by atoms with Crippen molar-refractivity contribution in [1.82, 2.24) is 20.9 Å². The number of benzene rings is 3. The summed E-state index contributed by atoms with van der Waals surface area (Å²) in [5.74, 6) is -4.50. The maximum Gasteiger partial charge on any atom is 0.307 e. The summed E-state index contributed by atoms with van der Waals surface area (Å²) in [5, 5.41) is 39.8. The first-order valence-corrected chi connectivity index (χ1v) is 19.8. The predicted molar refractivity (Wildman–Crippen MR) is 211 cm³/mol. The molecule has 0 spiro atoms. The van der Waals surface area contributed by atoms with Gasteiger partial charge in [-0.15, -0.1) is 0 Å². The molecular formula is C44H56N4O8. The fourth-order valence-corrected chi connectivity index (χ4v) is 8.54. The number of amides is 1. The molecular weight excluding hydrogens is 713 g/mol. The average molecular weight is 772 g/mol. The third-order valence-corrected chi connectivity index (χ3v) is 11.7. The molecule has 12 nitrogen and oxygen atoms in total. The molecule has 3 aliphatic heterocycles. The van der Waals surface area contributed by atoms with Gasteiger partial charge in [-0.25, -0.2) is 0 Å². The zero-order chi connectivity index (χ0) is 42.1. The summed E-state index contributed by atoms with van der Waals surface area (Å²) in [4.78, 5) is 52.6. The Morgan fingerprint density at radius 3 is 1.54 bits per heavy atom. The molecule has 6 rings (SSSR count). The molecule has 6 N–H and O–H groups in total. The Hall–Kier alpha value is -4.78. The number of rotatable bonds is 20. The van der Waals surface area contributed by atoms with Gasteiger partial charge in [0.15, 0.2) is 0 Å². The first kappa shape index (κ1) is 36.8. The molecule has 0 aromatic heterocycles. The van der Waals surface area contributed by atoms with E-state index in [1.54, 1.807) is 53.4 Å². The number of nitrogens with one attached hydrogen (secondary N) is 3. The van der Waals surface area contributed by atoms with Gasteiger partial charge in [0.25, 0.3) is 0 Å². The number of nitrogens with zero attached hydrogens (tertiary/aromatic N) is 1. The van der Waals surface area contributed by atoms with E-state index in [1.807, 2.05) is 6.07 Å². The van der Waals surface area contributed by atoms with Crippen LogP contribution in [-0.4, -0.2) is 96.5 Å². The van der Waals surface area contributed by atoms with Crippen LogP contribution >= 0.6 is 0 Å². The molecule has 12 heteroatoms. The zero-order valence-electron chi connectivity index (χ0n) is 34.8. The first-order valence-electron chi connectivity index (χ1n) is 21.3. The summed E-state index contributed by atoms with van der Waals surface area (Å²) in [5.41, 5.74) is 3.26. The lowest BCUT2D eigenvalue weighted by molar-refractivity contribution is -0.144. The van der Waals surface area contributed by atoms with Gasteiger partial charge >= 0.3 is 17.9 Å². The first-order chi connectivity index (χ1) is 28.3. The van der Waals surface area contributed by atoms with E-state index in [9.17, 15) is 34.5 Å². The van der Waals surface area contributed by atoms with Gasteiger partial charge in [-0.05, 0) is 135 Å². The van der Waals surface area contributed by atoms with Crippen LogP contribution in [0.2, 0.25) is 0 Å². The van der Waals surface area contributed by atoms with Gasteiger partial charge in [-0.2, -0.15) is 0 Å². The highest BCUT2D eigenvalue weighted by molar-refractivity contribution is 5.79. The van der Waals surface area contributed by atoms with Crippen LogP contribution < -0.4 is 20.7 Å². The maximum absolute atomic E-state index is 14.2. The Bertz CT molecular complexity index is 1970. The summed E-state index contributed by atoms with van der Waals surface area (Å²) in [6, 6.07) is 15.7. The minimum atomic E-state index is -0.889. The van der Waals surface area contributed by atoms with Gasteiger partial charge in [0.2, 0.25) is 5.91 Å². The van der Waals surface area contributed by atoms with Crippen LogP contribution in [0.4, 0.5) is 0 Å². The van der Waals surface area contributed by atoms with Crippen molar-refractivity contribution in [3.63, 3.8) is 0 Å². The van der Waals surface area contributed by atoms with Crippen LogP contribution in [-0.2, 0) is 51.4 Å².